The molecule has 12 heteroatoms. The minimum absolute atomic E-state index is 0.153. The molecule has 0 radical (unpaired) electrons. The molecule has 2 amide bonds. The van der Waals surface area contributed by atoms with E-state index in [1.807, 2.05) is 72.8 Å². The van der Waals surface area contributed by atoms with E-state index in [-0.39, 0.29) is 26.4 Å². The van der Waals surface area contributed by atoms with Crippen molar-refractivity contribution in [1.29, 1.82) is 0 Å². The maximum Gasteiger partial charge on any atom is 0.411 e. The van der Waals surface area contributed by atoms with Crippen LogP contribution >= 0.6 is 0 Å². The van der Waals surface area contributed by atoms with E-state index >= 15 is 0 Å². The number of carbonyl (C=O) groups excluding carboxylic acids is 2. The molecule has 4 aromatic rings. The molecule has 4 rings (SSSR count). The quantitative estimate of drug-likeness (QED) is 0.0636. The molecule has 0 bridgehead atoms. The van der Waals surface area contributed by atoms with Gasteiger partial charge in [-0.05, 0) is 117 Å². The summed E-state index contributed by atoms with van der Waals surface area (Å²) in [5.74, 6) is 0. The summed E-state index contributed by atoms with van der Waals surface area (Å²) in [6.45, 7) is 7.36. The van der Waals surface area contributed by atoms with Gasteiger partial charge < -0.3 is 40.6 Å². The van der Waals surface area contributed by atoms with Gasteiger partial charge in [0.05, 0.1) is 38.6 Å². The predicted molar refractivity (Wildman–Crippen MR) is 207 cm³/mol. The second kappa shape index (κ2) is 20.2. The number of nitrogens with one attached hydrogen (secondary N) is 2. The number of benzene rings is 4. The van der Waals surface area contributed by atoms with Gasteiger partial charge in [-0.2, -0.15) is 0 Å². The Balaban J connectivity index is 1.40. The minimum atomic E-state index is -0.608. The Morgan fingerprint density at radius 3 is 1.62 bits per heavy atom. The summed E-state index contributed by atoms with van der Waals surface area (Å²) in [7, 11) is 0. The molecular formula is C41H52N4O8. The molecule has 284 valence electrons. The van der Waals surface area contributed by atoms with E-state index in [4.69, 9.17) is 30.4 Å². The van der Waals surface area contributed by atoms with Crippen molar-refractivity contribution in [2.75, 3.05) is 48.5 Å². The van der Waals surface area contributed by atoms with E-state index in [1.54, 1.807) is 39.8 Å². The topological polar surface area (TPSA) is 188 Å². The molecule has 0 aliphatic carbocycles. The second-order valence-electron chi connectivity index (χ2n) is 13.4. The minimum Gasteiger partial charge on any atom is -0.444 e. The molecule has 0 saturated carbocycles. The summed E-state index contributed by atoms with van der Waals surface area (Å²) >= 11 is 0. The van der Waals surface area contributed by atoms with Gasteiger partial charge in [0.25, 0.3) is 0 Å². The van der Waals surface area contributed by atoms with Crippen LogP contribution in [0.2, 0.25) is 0 Å². The SMILES string of the molecule is CC(O)COCC(C)OC(=O)Nc1ccc(Cc2ccc(Cc3ccc(Cc4ccc(N)cc4)cc3NC(=O)OC(C)COCC(C)O)cc2N)cc1. The average molecular weight is 729 g/mol. The van der Waals surface area contributed by atoms with Crippen LogP contribution in [0.3, 0.4) is 0 Å². The number of amides is 2. The highest BCUT2D eigenvalue weighted by atomic mass is 16.6. The maximum atomic E-state index is 13.0. The van der Waals surface area contributed by atoms with Crippen LogP contribution in [0.25, 0.3) is 0 Å². The molecule has 0 saturated heterocycles. The predicted octanol–water partition coefficient (Wildman–Crippen LogP) is 6.29. The van der Waals surface area contributed by atoms with E-state index < -0.39 is 36.6 Å². The third kappa shape index (κ3) is 14.4. The van der Waals surface area contributed by atoms with Crippen molar-refractivity contribution in [3.05, 3.63) is 118 Å². The van der Waals surface area contributed by atoms with Gasteiger partial charge in [0.15, 0.2) is 0 Å². The molecule has 4 aromatic carbocycles. The fourth-order valence-electron chi connectivity index (χ4n) is 5.47. The van der Waals surface area contributed by atoms with Crippen molar-refractivity contribution in [3.63, 3.8) is 0 Å². The lowest BCUT2D eigenvalue weighted by Crippen LogP contribution is -2.26. The number of carbonyl (C=O) groups is 2. The monoisotopic (exact) mass is 728 g/mol. The standard InChI is InChI=1S/C41H52N4O8/c1-26(46)22-50-24-28(3)52-40(48)44-37-15-9-31(10-16-37)18-34-11-5-33(20-38(34)43)19-35-12-6-32(17-30-7-13-36(42)14-8-30)21-39(35)45-41(49)53-29(4)25-51-23-27(2)47/h5-16,20-21,26-29,46-47H,17-19,22-25,42-43H2,1-4H3,(H,44,48)(H,45,49). The molecule has 0 aromatic heterocycles. The molecular weight excluding hydrogens is 676 g/mol. The molecule has 0 aliphatic heterocycles. The summed E-state index contributed by atoms with van der Waals surface area (Å²) < 4.78 is 21.5. The van der Waals surface area contributed by atoms with Crippen LogP contribution in [-0.2, 0) is 38.2 Å². The van der Waals surface area contributed by atoms with Crippen LogP contribution in [0.4, 0.5) is 32.3 Å². The number of nitrogens with two attached hydrogens (primary N) is 2. The average Bonchev–Trinajstić information content (AvgIpc) is 3.08. The Kier molecular flexibility index (Phi) is 15.5. The highest BCUT2D eigenvalue weighted by Gasteiger charge is 2.15. The fraction of sp³-hybridized carbons (Fsp3) is 0.366. The number of ether oxygens (including phenoxy) is 4. The highest BCUT2D eigenvalue weighted by molar-refractivity contribution is 5.86. The van der Waals surface area contributed by atoms with Crippen LogP contribution < -0.4 is 22.1 Å². The number of aliphatic hydroxyl groups excluding tert-OH is 2. The van der Waals surface area contributed by atoms with E-state index in [1.165, 1.54) is 0 Å². The Morgan fingerprint density at radius 2 is 1.06 bits per heavy atom. The number of aliphatic hydroxyl groups is 2. The number of hydrogen-bond donors (Lipinski definition) is 6. The first-order valence-corrected chi connectivity index (χ1v) is 17.7. The summed E-state index contributed by atoms with van der Waals surface area (Å²) in [5.41, 5.74) is 20.9. The van der Waals surface area contributed by atoms with Gasteiger partial charge in [0.1, 0.15) is 12.2 Å². The Bertz CT molecular complexity index is 1760. The lowest BCUT2D eigenvalue weighted by atomic mass is 9.96. The summed E-state index contributed by atoms with van der Waals surface area (Å²) in [6, 6.07) is 27.1. The van der Waals surface area contributed by atoms with E-state index in [2.05, 4.69) is 10.6 Å². The zero-order valence-corrected chi connectivity index (χ0v) is 30.8. The number of hydrogen-bond acceptors (Lipinski definition) is 10. The number of anilines is 4. The van der Waals surface area contributed by atoms with Crippen LogP contribution in [-0.4, -0.2) is 73.2 Å². The van der Waals surface area contributed by atoms with Gasteiger partial charge in [-0.15, -0.1) is 0 Å². The summed E-state index contributed by atoms with van der Waals surface area (Å²) in [4.78, 5) is 25.2. The second-order valence-corrected chi connectivity index (χ2v) is 13.4. The Morgan fingerprint density at radius 1 is 0.585 bits per heavy atom. The first kappa shape index (κ1) is 40.6. The Labute approximate surface area is 311 Å². The van der Waals surface area contributed by atoms with Gasteiger partial charge in [-0.3, -0.25) is 10.6 Å². The van der Waals surface area contributed by atoms with Gasteiger partial charge in [0, 0.05) is 22.7 Å². The maximum absolute atomic E-state index is 13.0. The Hall–Kier alpha value is -5.14. The van der Waals surface area contributed by atoms with Crippen LogP contribution in [0.1, 0.15) is 61.1 Å². The molecule has 53 heavy (non-hydrogen) atoms. The van der Waals surface area contributed by atoms with Crippen molar-refractivity contribution < 1.29 is 38.7 Å². The van der Waals surface area contributed by atoms with Crippen molar-refractivity contribution in [2.45, 2.75) is 71.4 Å². The lowest BCUT2D eigenvalue weighted by molar-refractivity contribution is -0.00108. The number of rotatable bonds is 18. The largest absolute Gasteiger partial charge is 0.444 e. The lowest BCUT2D eigenvalue weighted by Gasteiger charge is -2.17. The van der Waals surface area contributed by atoms with Crippen LogP contribution in [0.5, 0.6) is 0 Å². The van der Waals surface area contributed by atoms with Crippen LogP contribution in [0, 0.1) is 0 Å². The molecule has 0 aliphatic rings. The van der Waals surface area contributed by atoms with E-state index in [0.29, 0.717) is 42.0 Å². The van der Waals surface area contributed by atoms with Gasteiger partial charge in [-0.1, -0.05) is 48.5 Å². The molecule has 12 nitrogen and oxygen atoms in total. The molecule has 8 N–H and O–H groups in total. The first-order chi connectivity index (χ1) is 25.3. The van der Waals surface area contributed by atoms with Gasteiger partial charge >= 0.3 is 12.2 Å². The van der Waals surface area contributed by atoms with Crippen molar-refractivity contribution in [1.82, 2.24) is 0 Å². The first-order valence-electron chi connectivity index (χ1n) is 17.7. The van der Waals surface area contributed by atoms with E-state index in [9.17, 15) is 19.8 Å². The van der Waals surface area contributed by atoms with Gasteiger partial charge in [-0.25, -0.2) is 9.59 Å². The molecule has 0 heterocycles. The fourth-order valence-corrected chi connectivity index (χ4v) is 5.47. The molecule has 4 unspecified atom stereocenters. The van der Waals surface area contributed by atoms with Crippen molar-refractivity contribution in [3.8, 4) is 0 Å². The zero-order chi connectivity index (χ0) is 38.3. The van der Waals surface area contributed by atoms with Crippen LogP contribution in [0.15, 0.2) is 84.9 Å². The summed E-state index contributed by atoms with van der Waals surface area (Å²) in [6.07, 6.45) is -1.63. The van der Waals surface area contributed by atoms with Crippen molar-refractivity contribution in [2.24, 2.45) is 0 Å². The van der Waals surface area contributed by atoms with Crippen molar-refractivity contribution >= 4 is 34.9 Å². The smallest absolute Gasteiger partial charge is 0.411 e. The number of nitrogen functional groups attached to an aromatic ring is 2. The van der Waals surface area contributed by atoms with E-state index in [0.717, 1.165) is 33.4 Å². The molecule has 4 atom stereocenters. The summed E-state index contributed by atoms with van der Waals surface area (Å²) in [5, 5.41) is 24.4. The normalized spacial score (nSPS) is 13.4. The molecule has 0 fully saturated rings. The van der Waals surface area contributed by atoms with Gasteiger partial charge in [0.2, 0.25) is 0 Å². The highest BCUT2D eigenvalue weighted by Crippen LogP contribution is 2.26. The molecule has 0 spiro atoms. The third-order valence-electron chi connectivity index (χ3n) is 8.04. The third-order valence-corrected chi connectivity index (χ3v) is 8.04. The zero-order valence-electron chi connectivity index (χ0n) is 30.8.